The third kappa shape index (κ3) is 4.70. The molecule has 2 N–H and O–H groups in total. The van der Waals surface area contributed by atoms with Crippen LogP contribution in [0.15, 0.2) is 35.3 Å². The first kappa shape index (κ1) is 25.3. The van der Waals surface area contributed by atoms with Crippen molar-refractivity contribution < 1.29 is 13.6 Å². The maximum Gasteiger partial charge on any atom is 0.255 e. The average Bonchev–Trinajstić information content (AvgIpc) is 3.58. The Bertz CT molecular complexity index is 1230. The van der Waals surface area contributed by atoms with Gasteiger partial charge in [-0.3, -0.25) is 9.59 Å². The molecule has 1 saturated heterocycles. The number of nitrogens with zero attached hydrogens (tertiary/aromatic N) is 2. The Kier molecular flexibility index (Phi) is 6.49. The molecule has 1 aromatic carbocycles. The van der Waals surface area contributed by atoms with Gasteiger partial charge in [0, 0.05) is 49.1 Å². The number of pyridine rings is 1. The maximum atomic E-state index is 14.9. The zero-order chi connectivity index (χ0) is 25.9. The van der Waals surface area contributed by atoms with Gasteiger partial charge in [-0.2, -0.15) is 0 Å². The first-order chi connectivity index (χ1) is 17.0. The normalized spacial score (nSPS) is 27.8. The van der Waals surface area contributed by atoms with Gasteiger partial charge >= 0.3 is 0 Å². The summed E-state index contributed by atoms with van der Waals surface area (Å²) >= 11 is 0. The van der Waals surface area contributed by atoms with Crippen molar-refractivity contribution in [1.29, 1.82) is 0 Å². The van der Waals surface area contributed by atoms with Crippen LogP contribution in [0.1, 0.15) is 66.7 Å². The predicted molar refractivity (Wildman–Crippen MR) is 140 cm³/mol. The van der Waals surface area contributed by atoms with E-state index in [4.69, 9.17) is 0 Å². The summed E-state index contributed by atoms with van der Waals surface area (Å²) in [7, 11) is 4.08. The number of carbonyl (C=O) groups excluding carboxylic acids is 1. The highest BCUT2D eigenvalue weighted by molar-refractivity contribution is 7.16. The molecule has 1 aromatic heterocycles. The van der Waals surface area contributed by atoms with Gasteiger partial charge in [0.1, 0.15) is 11.7 Å². The van der Waals surface area contributed by atoms with Crippen molar-refractivity contribution in [2.75, 3.05) is 32.0 Å². The number of anilines is 1. The summed E-state index contributed by atoms with van der Waals surface area (Å²) in [6.07, 6.45) is 2.51. The highest BCUT2D eigenvalue weighted by Crippen LogP contribution is 2.55. The van der Waals surface area contributed by atoms with E-state index in [0.717, 1.165) is 19.5 Å². The topological polar surface area (TPSA) is 66.4 Å². The van der Waals surface area contributed by atoms with Crippen molar-refractivity contribution in [3.05, 3.63) is 63.3 Å². The standard InChI is InChI=1S/C27H35F2N4O2P/c1-14(15-6-5-7-16(24(15)28)25(29)36)31-26(35)20-13-33(22-9-27(22,2)3)23(34)8-21(20)30-10-17-18-11-32(4)12-19(17)18/h5-8,13-14,17-19,22,25,30H,9-12,36H2,1-4H3,(H,31,35)/t14-,17?,18?,19?,22-,25?/m1/s1. The maximum absolute atomic E-state index is 14.9. The molecule has 6 atom stereocenters. The largest absolute Gasteiger partial charge is 0.384 e. The Morgan fingerprint density at radius 3 is 2.50 bits per heavy atom. The van der Waals surface area contributed by atoms with E-state index in [0.29, 0.717) is 35.5 Å². The lowest BCUT2D eigenvalue weighted by molar-refractivity contribution is 0.0939. The lowest BCUT2D eigenvalue weighted by atomic mass is 10.0. The number of nitrogens with one attached hydrogen (secondary N) is 2. The Hall–Kier alpha value is -2.31. The Balaban J connectivity index is 1.39. The van der Waals surface area contributed by atoms with Gasteiger partial charge in [0.15, 0.2) is 0 Å². The molecule has 1 amide bonds. The monoisotopic (exact) mass is 516 g/mol. The van der Waals surface area contributed by atoms with Crippen LogP contribution in [-0.4, -0.2) is 42.1 Å². The zero-order valence-electron chi connectivity index (χ0n) is 21.2. The molecular formula is C27H35F2N4O2P. The number of carbonyl (C=O) groups is 1. The van der Waals surface area contributed by atoms with E-state index < -0.39 is 23.7 Å². The minimum absolute atomic E-state index is 0.00192. The first-order valence-corrected chi connectivity index (χ1v) is 13.3. The van der Waals surface area contributed by atoms with E-state index in [1.165, 1.54) is 12.1 Å². The van der Waals surface area contributed by atoms with Crippen molar-refractivity contribution >= 4 is 20.8 Å². The van der Waals surface area contributed by atoms with Crippen LogP contribution in [0.5, 0.6) is 0 Å². The smallest absolute Gasteiger partial charge is 0.255 e. The molecule has 0 spiro atoms. The summed E-state index contributed by atoms with van der Waals surface area (Å²) in [4.78, 5) is 28.8. The van der Waals surface area contributed by atoms with E-state index in [9.17, 15) is 18.4 Å². The minimum Gasteiger partial charge on any atom is -0.384 e. The van der Waals surface area contributed by atoms with E-state index >= 15 is 0 Å². The molecule has 6 nitrogen and oxygen atoms in total. The number of fused-ring (bicyclic) bond motifs is 1. The van der Waals surface area contributed by atoms with Gasteiger partial charge in [0.2, 0.25) is 0 Å². The molecule has 3 fully saturated rings. The predicted octanol–water partition coefficient (Wildman–Crippen LogP) is 4.51. The summed E-state index contributed by atoms with van der Waals surface area (Å²) in [5.74, 6) is -0.729. The molecule has 36 heavy (non-hydrogen) atoms. The number of alkyl halides is 1. The fourth-order valence-electron chi connectivity index (χ4n) is 5.89. The number of rotatable bonds is 8. The van der Waals surface area contributed by atoms with Gasteiger partial charge in [-0.05, 0) is 43.6 Å². The Morgan fingerprint density at radius 2 is 1.89 bits per heavy atom. The lowest BCUT2D eigenvalue weighted by Gasteiger charge is -2.20. The molecule has 194 valence electrons. The van der Waals surface area contributed by atoms with Gasteiger partial charge in [-0.1, -0.05) is 41.3 Å². The van der Waals surface area contributed by atoms with Crippen molar-refractivity contribution in [2.45, 2.75) is 45.2 Å². The van der Waals surface area contributed by atoms with Crippen LogP contribution in [0.2, 0.25) is 0 Å². The van der Waals surface area contributed by atoms with E-state index in [-0.39, 0.29) is 28.1 Å². The molecule has 3 aliphatic rings. The fraction of sp³-hybridized carbons (Fsp3) is 0.556. The number of piperidine rings is 1. The number of hydrogen-bond acceptors (Lipinski definition) is 4. The fourth-order valence-corrected chi connectivity index (χ4v) is 6.15. The molecule has 2 saturated carbocycles. The van der Waals surface area contributed by atoms with Gasteiger partial charge in [0.25, 0.3) is 11.5 Å². The zero-order valence-corrected chi connectivity index (χ0v) is 22.4. The summed E-state index contributed by atoms with van der Waals surface area (Å²) < 4.78 is 30.4. The third-order valence-electron chi connectivity index (χ3n) is 8.37. The molecular weight excluding hydrogens is 481 g/mol. The van der Waals surface area contributed by atoms with Crippen LogP contribution in [-0.2, 0) is 0 Å². The summed E-state index contributed by atoms with van der Waals surface area (Å²) in [6, 6.07) is 5.39. The molecule has 2 aromatic rings. The van der Waals surface area contributed by atoms with E-state index in [2.05, 4.69) is 36.4 Å². The van der Waals surface area contributed by atoms with Crippen LogP contribution in [0.4, 0.5) is 14.5 Å². The number of likely N-dealkylation sites (tertiary alicyclic amines) is 1. The number of hydrogen-bond donors (Lipinski definition) is 2. The van der Waals surface area contributed by atoms with Crippen molar-refractivity contribution in [1.82, 2.24) is 14.8 Å². The van der Waals surface area contributed by atoms with Gasteiger partial charge in [-0.25, -0.2) is 8.78 Å². The van der Waals surface area contributed by atoms with Crippen LogP contribution >= 0.6 is 9.24 Å². The number of benzene rings is 1. The second-order valence-electron chi connectivity index (χ2n) is 11.5. The van der Waals surface area contributed by atoms with E-state index in [1.54, 1.807) is 29.8 Å². The average molecular weight is 517 g/mol. The first-order valence-electron chi connectivity index (χ1n) is 12.7. The second-order valence-corrected chi connectivity index (χ2v) is 12.1. The van der Waals surface area contributed by atoms with Crippen molar-refractivity contribution in [3.63, 3.8) is 0 Å². The third-order valence-corrected chi connectivity index (χ3v) is 8.73. The van der Waals surface area contributed by atoms with Crippen LogP contribution in [0.25, 0.3) is 0 Å². The molecule has 9 heteroatoms. The molecule has 0 radical (unpaired) electrons. The van der Waals surface area contributed by atoms with Gasteiger partial charge < -0.3 is 20.1 Å². The molecule has 5 rings (SSSR count). The lowest BCUT2D eigenvalue weighted by Crippen LogP contribution is -2.31. The minimum atomic E-state index is -1.53. The summed E-state index contributed by atoms with van der Waals surface area (Å²) in [5, 5.41) is 6.24. The highest BCUT2D eigenvalue weighted by atomic mass is 31.0. The number of amides is 1. The van der Waals surface area contributed by atoms with Gasteiger partial charge in [-0.15, -0.1) is 0 Å². The summed E-state index contributed by atoms with van der Waals surface area (Å²) in [6.45, 7) is 8.74. The highest BCUT2D eigenvalue weighted by Gasteiger charge is 2.54. The van der Waals surface area contributed by atoms with Crippen LogP contribution in [0.3, 0.4) is 0 Å². The van der Waals surface area contributed by atoms with Crippen LogP contribution in [0, 0.1) is 29.0 Å². The van der Waals surface area contributed by atoms with E-state index in [1.807, 2.05) is 9.24 Å². The second kappa shape index (κ2) is 9.21. The number of halogens is 2. The SMILES string of the molecule is C[C@@H](NC(=O)c1cn([C@@H]2CC2(C)C)c(=O)cc1NCC1C2CN(C)CC12)c1cccc(C(F)P)c1F. The van der Waals surface area contributed by atoms with Crippen molar-refractivity contribution in [3.8, 4) is 0 Å². The van der Waals surface area contributed by atoms with Crippen molar-refractivity contribution in [2.24, 2.45) is 23.2 Å². The number of aromatic nitrogens is 1. The molecule has 1 aliphatic heterocycles. The molecule has 2 aliphatic carbocycles. The Labute approximate surface area is 213 Å². The molecule has 0 bridgehead atoms. The van der Waals surface area contributed by atoms with Crippen LogP contribution < -0.4 is 16.2 Å². The molecule has 4 unspecified atom stereocenters. The quantitative estimate of drug-likeness (QED) is 0.507. The van der Waals surface area contributed by atoms with Gasteiger partial charge in [0.05, 0.1) is 17.3 Å². The Morgan fingerprint density at radius 1 is 1.25 bits per heavy atom. The summed E-state index contributed by atoms with van der Waals surface area (Å²) in [5.41, 5.74) is 0.876. The molecule has 2 heterocycles.